The van der Waals surface area contributed by atoms with Crippen LogP contribution < -0.4 is 5.32 Å². The highest BCUT2D eigenvalue weighted by atomic mass is 16.5. The lowest BCUT2D eigenvalue weighted by Crippen LogP contribution is -2.21. The average molecular weight is 275 g/mol. The monoisotopic (exact) mass is 275 g/mol. The minimum atomic E-state index is 0.441. The summed E-state index contributed by atoms with van der Waals surface area (Å²) >= 11 is 0. The number of nitrogens with one attached hydrogen (secondary N) is 1. The van der Waals surface area contributed by atoms with E-state index in [2.05, 4.69) is 37.4 Å². The Bertz CT molecular complexity index is 402. The molecular weight excluding hydrogens is 246 g/mol. The van der Waals surface area contributed by atoms with Crippen molar-refractivity contribution >= 4 is 0 Å². The van der Waals surface area contributed by atoms with Crippen molar-refractivity contribution in [2.45, 2.75) is 58.4 Å². The molecule has 0 heterocycles. The van der Waals surface area contributed by atoms with Crippen LogP contribution in [0.25, 0.3) is 0 Å². The Labute approximate surface area is 123 Å². The van der Waals surface area contributed by atoms with Crippen LogP contribution in [-0.4, -0.2) is 19.8 Å². The van der Waals surface area contributed by atoms with Crippen LogP contribution in [0.1, 0.15) is 62.3 Å². The quantitative estimate of drug-likeness (QED) is 0.687. The molecule has 2 rings (SSSR count). The number of fused-ring (bicyclic) bond motifs is 1. The molecule has 1 aromatic rings. The number of ether oxygens (including phenoxy) is 1. The van der Waals surface area contributed by atoms with Gasteiger partial charge in [0.15, 0.2) is 0 Å². The molecule has 0 bridgehead atoms. The van der Waals surface area contributed by atoms with Crippen molar-refractivity contribution in [3.05, 3.63) is 34.9 Å². The Morgan fingerprint density at radius 3 is 2.80 bits per heavy atom. The molecule has 1 aromatic carbocycles. The van der Waals surface area contributed by atoms with Crippen molar-refractivity contribution in [2.75, 3.05) is 19.8 Å². The fraction of sp³-hybridized carbons (Fsp3) is 0.667. The fourth-order valence-electron chi connectivity index (χ4n) is 2.82. The molecule has 1 N–H and O–H groups in total. The molecule has 2 heteroatoms. The highest BCUT2D eigenvalue weighted by Gasteiger charge is 2.12. The standard InChI is InChI=1S/C18H29NO/c1-3-4-12-20-13-6-11-19-15(2)17-10-9-16-7-5-8-18(16)14-17/h9-10,14-15,19H,3-8,11-13H2,1-2H3. The lowest BCUT2D eigenvalue weighted by atomic mass is 10.0. The molecule has 1 unspecified atom stereocenters. The Hall–Kier alpha value is -0.860. The second-order valence-corrected chi connectivity index (χ2v) is 5.88. The van der Waals surface area contributed by atoms with Gasteiger partial charge in [0, 0.05) is 19.3 Å². The van der Waals surface area contributed by atoms with Gasteiger partial charge in [-0.2, -0.15) is 0 Å². The minimum Gasteiger partial charge on any atom is -0.381 e. The molecule has 1 aliphatic carbocycles. The molecule has 20 heavy (non-hydrogen) atoms. The van der Waals surface area contributed by atoms with E-state index < -0.39 is 0 Å². The third-order valence-corrected chi connectivity index (χ3v) is 4.18. The van der Waals surface area contributed by atoms with Crippen LogP contribution in [0, 0.1) is 0 Å². The molecule has 0 radical (unpaired) electrons. The summed E-state index contributed by atoms with van der Waals surface area (Å²) < 4.78 is 5.58. The van der Waals surface area contributed by atoms with Gasteiger partial charge in [-0.15, -0.1) is 0 Å². The highest BCUT2D eigenvalue weighted by Crippen LogP contribution is 2.25. The van der Waals surface area contributed by atoms with Gasteiger partial charge in [0.2, 0.25) is 0 Å². The summed E-state index contributed by atoms with van der Waals surface area (Å²) in [6.07, 6.45) is 7.36. The van der Waals surface area contributed by atoms with E-state index >= 15 is 0 Å². The van der Waals surface area contributed by atoms with E-state index in [1.807, 2.05) is 0 Å². The van der Waals surface area contributed by atoms with Gasteiger partial charge in [0.25, 0.3) is 0 Å². The number of unbranched alkanes of at least 4 members (excludes halogenated alkanes) is 1. The first-order valence-electron chi connectivity index (χ1n) is 8.24. The lowest BCUT2D eigenvalue weighted by Gasteiger charge is -2.15. The van der Waals surface area contributed by atoms with Crippen LogP contribution in [0.4, 0.5) is 0 Å². The lowest BCUT2D eigenvalue weighted by molar-refractivity contribution is 0.128. The molecule has 1 atom stereocenters. The molecule has 0 aromatic heterocycles. The maximum Gasteiger partial charge on any atom is 0.0478 e. The number of benzene rings is 1. The summed E-state index contributed by atoms with van der Waals surface area (Å²) in [5.41, 5.74) is 4.56. The van der Waals surface area contributed by atoms with Crippen molar-refractivity contribution in [1.82, 2.24) is 5.32 Å². The molecule has 112 valence electrons. The fourth-order valence-corrected chi connectivity index (χ4v) is 2.82. The van der Waals surface area contributed by atoms with Gasteiger partial charge in [0.05, 0.1) is 0 Å². The van der Waals surface area contributed by atoms with Crippen LogP contribution in [-0.2, 0) is 17.6 Å². The normalized spacial score (nSPS) is 15.3. The Morgan fingerprint density at radius 1 is 1.15 bits per heavy atom. The van der Waals surface area contributed by atoms with E-state index in [0.29, 0.717) is 6.04 Å². The van der Waals surface area contributed by atoms with Crippen LogP contribution in [0.5, 0.6) is 0 Å². The maximum absolute atomic E-state index is 5.58. The van der Waals surface area contributed by atoms with Crippen LogP contribution in [0.15, 0.2) is 18.2 Å². The second kappa shape index (κ2) is 8.43. The van der Waals surface area contributed by atoms with Gasteiger partial charge in [-0.1, -0.05) is 31.5 Å². The van der Waals surface area contributed by atoms with E-state index in [9.17, 15) is 0 Å². The number of rotatable bonds is 9. The van der Waals surface area contributed by atoms with Gasteiger partial charge in [-0.3, -0.25) is 0 Å². The van der Waals surface area contributed by atoms with Gasteiger partial charge in [-0.05, 0) is 62.3 Å². The first-order chi connectivity index (χ1) is 9.81. The molecule has 0 spiro atoms. The molecule has 0 amide bonds. The maximum atomic E-state index is 5.58. The molecular formula is C18H29NO. The van der Waals surface area contributed by atoms with E-state index in [1.54, 1.807) is 11.1 Å². The van der Waals surface area contributed by atoms with Crippen LogP contribution in [0.3, 0.4) is 0 Å². The molecule has 0 aliphatic heterocycles. The predicted molar refractivity (Wildman–Crippen MR) is 85.2 cm³/mol. The zero-order chi connectivity index (χ0) is 14.2. The molecule has 2 nitrogen and oxygen atoms in total. The zero-order valence-electron chi connectivity index (χ0n) is 13.1. The third-order valence-electron chi connectivity index (χ3n) is 4.18. The van der Waals surface area contributed by atoms with Gasteiger partial charge >= 0.3 is 0 Å². The minimum absolute atomic E-state index is 0.441. The molecule has 0 saturated heterocycles. The first kappa shape index (κ1) is 15.5. The average Bonchev–Trinajstić information content (AvgIpc) is 2.93. The molecule has 0 saturated carbocycles. The summed E-state index contributed by atoms with van der Waals surface area (Å²) in [4.78, 5) is 0. The van der Waals surface area contributed by atoms with Crippen molar-refractivity contribution in [3.63, 3.8) is 0 Å². The van der Waals surface area contributed by atoms with E-state index in [1.165, 1.54) is 37.7 Å². The summed E-state index contributed by atoms with van der Waals surface area (Å²) in [6, 6.07) is 7.46. The Kier molecular flexibility index (Phi) is 6.55. The highest BCUT2D eigenvalue weighted by molar-refractivity contribution is 5.36. The molecule has 1 aliphatic rings. The van der Waals surface area contributed by atoms with Crippen LogP contribution in [0.2, 0.25) is 0 Å². The zero-order valence-corrected chi connectivity index (χ0v) is 13.1. The van der Waals surface area contributed by atoms with Crippen molar-refractivity contribution < 1.29 is 4.74 Å². The number of hydrogen-bond donors (Lipinski definition) is 1. The van der Waals surface area contributed by atoms with Gasteiger partial charge in [-0.25, -0.2) is 0 Å². The third kappa shape index (κ3) is 4.60. The topological polar surface area (TPSA) is 21.3 Å². The number of aryl methyl sites for hydroxylation is 2. The SMILES string of the molecule is CCCCOCCCNC(C)c1ccc2c(c1)CCC2. The first-order valence-corrected chi connectivity index (χ1v) is 8.24. The van der Waals surface area contributed by atoms with Crippen molar-refractivity contribution in [1.29, 1.82) is 0 Å². The van der Waals surface area contributed by atoms with Gasteiger partial charge < -0.3 is 10.1 Å². The Balaban J connectivity index is 1.66. The van der Waals surface area contributed by atoms with E-state index in [-0.39, 0.29) is 0 Å². The second-order valence-electron chi connectivity index (χ2n) is 5.88. The summed E-state index contributed by atoms with van der Waals surface area (Å²) in [5.74, 6) is 0. The van der Waals surface area contributed by atoms with Gasteiger partial charge in [0.1, 0.15) is 0 Å². The summed E-state index contributed by atoms with van der Waals surface area (Å²) in [7, 11) is 0. The van der Waals surface area contributed by atoms with Crippen molar-refractivity contribution in [3.8, 4) is 0 Å². The number of hydrogen-bond acceptors (Lipinski definition) is 2. The summed E-state index contributed by atoms with van der Waals surface area (Å²) in [5, 5.41) is 3.60. The summed E-state index contributed by atoms with van der Waals surface area (Å²) in [6.45, 7) is 7.28. The van der Waals surface area contributed by atoms with E-state index in [0.717, 1.165) is 26.2 Å². The smallest absolute Gasteiger partial charge is 0.0478 e. The Morgan fingerprint density at radius 2 is 1.95 bits per heavy atom. The largest absolute Gasteiger partial charge is 0.381 e. The van der Waals surface area contributed by atoms with Crippen molar-refractivity contribution in [2.24, 2.45) is 0 Å². The van der Waals surface area contributed by atoms with Crippen LogP contribution >= 0.6 is 0 Å². The predicted octanol–water partition coefficient (Wildman–Crippen LogP) is 4.03. The molecule has 0 fully saturated rings. The van der Waals surface area contributed by atoms with E-state index in [4.69, 9.17) is 4.74 Å².